The molecule has 0 radical (unpaired) electrons. The van der Waals surface area contributed by atoms with Gasteiger partial charge in [0.1, 0.15) is 17.5 Å². The van der Waals surface area contributed by atoms with Crippen LogP contribution in [0, 0.1) is 0 Å². The molecular weight excluding hydrogens is 502 g/mol. The highest BCUT2D eigenvalue weighted by atomic mass is 16.5. The number of amidine groups is 1. The highest BCUT2D eigenvalue weighted by Gasteiger charge is 2.21. The number of ether oxygens (including phenoxy) is 1. The largest absolute Gasteiger partial charge is 0.481 e. The van der Waals surface area contributed by atoms with Crippen molar-refractivity contribution < 1.29 is 24.2 Å². The van der Waals surface area contributed by atoms with Crippen molar-refractivity contribution in [3.8, 4) is 0 Å². The van der Waals surface area contributed by atoms with Crippen LogP contribution in [-0.4, -0.2) is 57.1 Å². The Labute approximate surface area is 223 Å². The number of methoxy groups -OCH3 is 1. The number of nitrogens with two attached hydrogens (primary N) is 1. The number of aliphatic imine (C=N–C) groups is 1. The Morgan fingerprint density at radius 2 is 1.85 bits per heavy atom. The van der Waals surface area contributed by atoms with Crippen molar-refractivity contribution in [1.82, 2.24) is 14.5 Å². The number of fused-ring (bicyclic) bond motifs is 1. The number of nitrogens with one attached hydrogen (secondary N) is 1. The summed E-state index contributed by atoms with van der Waals surface area (Å²) < 4.78 is 6.41. The molecule has 2 amide bonds. The van der Waals surface area contributed by atoms with Crippen LogP contribution in [0.2, 0.25) is 0 Å². The molecule has 0 atom stereocenters. The maximum absolute atomic E-state index is 13.4. The Kier molecular flexibility index (Phi) is 8.15. The van der Waals surface area contributed by atoms with Crippen molar-refractivity contribution in [3.63, 3.8) is 0 Å². The third-order valence-corrected chi connectivity index (χ3v) is 5.96. The topological polar surface area (TPSA) is 165 Å². The Balaban J connectivity index is 1.51. The number of pyridine rings is 1. The summed E-state index contributed by atoms with van der Waals surface area (Å²) in [7, 11) is 3.11. The molecule has 0 aliphatic rings. The molecule has 2 aromatic heterocycles. The van der Waals surface area contributed by atoms with E-state index in [-0.39, 0.29) is 24.7 Å². The number of hydrogen-bond donors (Lipinski definition) is 3. The molecule has 0 fully saturated rings. The van der Waals surface area contributed by atoms with Crippen molar-refractivity contribution in [2.45, 2.75) is 13.0 Å². The van der Waals surface area contributed by atoms with Crippen LogP contribution in [0.25, 0.3) is 11.0 Å². The Morgan fingerprint density at radius 3 is 2.51 bits per heavy atom. The van der Waals surface area contributed by atoms with E-state index in [9.17, 15) is 14.4 Å². The molecule has 4 rings (SSSR count). The number of carboxylic acids is 1. The molecule has 4 aromatic rings. The average molecular weight is 530 g/mol. The van der Waals surface area contributed by atoms with Gasteiger partial charge < -0.3 is 25.5 Å². The first-order valence-corrected chi connectivity index (χ1v) is 11.9. The van der Waals surface area contributed by atoms with E-state index < -0.39 is 12.1 Å². The number of amides is 2. The summed E-state index contributed by atoms with van der Waals surface area (Å²) in [4.78, 5) is 49.7. The first-order valence-electron chi connectivity index (χ1n) is 11.9. The second kappa shape index (κ2) is 11.9. The van der Waals surface area contributed by atoms with Gasteiger partial charge in [0.25, 0.3) is 5.91 Å². The molecule has 0 saturated heterocycles. The number of aliphatic carboxylic acids is 1. The average Bonchev–Trinajstić information content (AvgIpc) is 3.26. The molecule has 0 bridgehead atoms. The monoisotopic (exact) mass is 529 g/mol. The van der Waals surface area contributed by atoms with Gasteiger partial charge in [-0.1, -0.05) is 6.07 Å². The number of nitrogens with zero attached hydrogens (tertiary/aromatic N) is 5. The smallest absolute Gasteiger partial charge is 0.435 e. The predicted molar refractivity (Wildman–Crippen MR) is 146 cm³/mol. The quantitative estimate of drug-likeness (QED) is 0.218. The second-order valence-electron chi connectivity index (χ2n) is 8.48. The van der Waals surface area contributed by atoms with Crippen molar-refractivity contribution >= 4 is 46.3 Å². The number of carboxylic acid groups (broad SMARTS) is 1. The van der Waals surface area contributed by atoms with Gasteiger partial charge >= 0.3 is 12.1 Å². The molecule has 12 heteroatoms. The van der Waals surface area contributed by atoms with E-state index in [1.54, 1.807) is 60.8 Å². The zero-order valence-corrected chi connectivity index (χ0v) is 21.4. The first-order chi connectivity index (χ1) is 18.8. The number of benzene rings is 2. The molecule has 0 unspecified atom stereocenters. The summed E-state index contributed by atoms with van der Waals surface area (Å²) in [6.07, 6.45) is 0.567. The Hall–Kier alpha value is -5.26. The number of imidazole rings is 1. The third-order valence-electron chi connectivity index (χ3n) is 5.96. The second-order valence-corrected chi connectivity index (χ2v) is 8.48. The minimum atomic E-state index is -1.01. The molecule has 2 heterocycles. The SMILES string of the molecule is COC(=O)/N=C(/N)c1ccc(NCc2nc3cc(C(=O)N(CCC(=O)O)c4ccccn4)ccc3n2C)cc1. The van der Waals surface area contributed by atoms with Gasteiger partial charge in [0.2, 0.25) is 0 Å². The molecule has 39 heavy (non-hydrogen) atoms. The van der Waals surface area contributed by atoms with Crippen LogP contribution in [0.15, 0.2) is 71.9 Å². The van der Waals surface area contributed by atoms with E-state index in [1.807, 2.05) is 17.7 Å². The van der Waals surface area contributed by atoms with Crippen molar-refractivity contribution in [1.29, 1.82) is 0 Å². The van der Waals surface area contributed by atoms with Gasteiger partial charge in [-0.25, -0.2) is 14.8 Å². The van der Waals surface area contributed by atoms with Crippen molar-refractivity contribution in [2.75, 3.05) is 23.9 Å². The van der Waals surface area contributed by atoms with E-state index in [2.05, 4.69) is 20.0 Å². The summed E-state index contributed by atoms with van der Waals surface area (Å²) in [5, 5.41) is 12.4. The number of rotatable bonds is 9. The fourth-order valence-electron chi connectivity index (χ4n) is 3.89. The van der Waals surface area contributed by atoms with E-state index in [0.717, 1.165) is 17.0 Å². The number of aromatic nitrogens is 3. The zero-order valence-electron chi connectivity index (χ0n) is 21.4. The van der Waals surface area contributed by atoms with Gasteiger partial charge in [-0.15, -0.1) is 0 Å². The summed E-state index contributed by atoms with van der Waals surface area (Å²) in [6, 6.07) is 17.4. The lowest BCUT2D eigenvalue weighted by Crippen LogP contribution is -2.33. The molecule has 4 N–H and O–H groups in total. The van der Waals surface area contributed by atoms with Gasteiger partial charge in [0.05, 0.1) is 31.1 Å². The standard InChI is InChI=1S/C27H27N7O5/c1-33-21-11-8-18(26(37)34(14-12-24(35)36)22-5-3-4-13-29-22)15-20(21)31-23(33)16-30-19-9-6-17(7-10-19)25(28)32-27(38)39-2/h3-11,13,15,30H,12,14,16H2,1-2H3,(H,35,36)(H2,28,32,38). The lowest BCUT2D eigenvalue weighted by Gasteiger charge is -2.21. The Morgan fingerprint density at radius 1 is 1.10 bits per heavy atom. The van der Waals surface area contributed by atoms with Crippen LogP contribution < -0.4 is 16.0 Å². The van der Waals surface area contributed by atoms with E-state index >= 15 is 0 Å². The van der Waals surface area contributed by atoms with Crippen molar-refractivity contribution in [2.24, 2.45) is 17.8 Å². The molecule has 2 aromatic carbocycles. The number of aryl methyl sites for hydroxylation is 1. The van der Waals surface area contributed by atoms with Gasteiger partial charge in [-0.2, -0.15) is 4.99 Å². The normalized spacial score (nSPS) is 11.3. The maximum atomic E-state index is 13.4. The fraction of sp³-hybridized carbons (Fsp3) is 0.185. The van der Waals surface area contributed by atoms with Gasteiger partial charge in [-0.05, 0) is 54.6 Å². The number of hydrogen-bond acceptors (Lipinski definition) is 7. The molecule has 0 aliphatic heterocycles. The van der Waals surface area contributed by atoms with Crippen LogP contribution >= 0.6 is 0 Å². The molecular formula is C27H27N7O5. The fourth-order valence-corrected chi connectivity index (χ4v) is 3.89. The van der Waals surface area contributed by atoms with Crippen LogP contribution in [0.4, 0.5) is 16.3 Å². The number of anilines is 2. The van der Waals surface area contributed by atoms with E-state index in [1.165, 1.54) is 12.0 Å². The molecule has 0 saturated carbocycles. The Bertz CT molecular complexity index is 1530. The highest BCUT2D eigenvalue weighted by Crippen LogP contribution is 2.21. The number of carbonyl (C=O) groups excluding carboxylic acids is 2. The minimum absolute atomic E-state index is 0.0143. The summed E-state index contributed by atoms with van der Waals surface area (Å²) in [5.74, 6) is -0.207. The number of carbonyl (C=O) groups is 3. The molecule has 12 nitrogen and oxygen atoms in total. The van der Waals surface area contributed by atoms with Crippen molar-refractivity contribution in [3.05, 3.63) is 83.8 Å². The van der Waals surface area contributed by atoms with Crippen LogP contribution in [0.5, 0.6) is 0 Å². The lowest BCUT2D eigenvalue weighted by atomic mass is 10.1. The molecule has 0 aliphatic carbocycles. The summed E-state index contributed by atoms with van der Waals surface area (Å²) in [6.45, 7) is 0.387. The van der Waals surface area contributed by atoms with E-state index in [4.69, 9.17) is 15.8 Å². The first kappa shape index (κ1) is 26.8. The van der Waals surface area contributed by atoms with Crippen LogP contribution in [-0.2, 0) is 23.1 Å². The summed E-state index contributed by atoms with van der Waals surface area (Å²) >= 11 is 0. The summed E-state index contributed by atoms with van der Waals surface area (Å²) in [5.41, 5.74) is 9.04. The van der Waals surface area contributed by atoms with E-state index in [0.29, 0.717) is 29.0 Å². The van der Waals surface area contributed by atoms with Gasteiger partial charge in [-0.3, -0.25) is 14.5 Å². The third kappa shape index (κ3) is 6.36. The molecule has 0 spiro atoms. The lowest BCUT2D eigenvalue weighted by molar-refractivity contribution is -0.136. The highest BCUT2D eigenvalue weighted by molar-refractivity contribution is 6.07. The zero-order chi connectivity index (χ0) is 27.9. The maximum Gasteiger partial charge on any atom is 0.435 e. The van der Waals surface area contributed by atoms with Gasteiger partial charge in [0, 0.05) is 36.6 Å². The minimum Gasteiger partial charge on any atom is -0.481 e. The predicted octanol–water partition coefficient (Wildman–Crippen LogP) is 3.17. The van der Waals surface area contributed by atoms with Crippen LogP contribution in [0.3, 0.4) is 0 Å². The molecule has 200 valence electrons. The van der Waals surface area contributed by atoms with Gasteiger partial charge in [0.15, 0.2) is 0 Å². The van der Waals surface area contributed by atoms with Crippen LogP contribution in [0.1, 0.15) is 28.2 Å².